The van der Waals surface area contributed by atoms with Crippen LogP contribution in [0.25, 0.3) is 0 Å². The molecule has 0 aliphatic rings. The molecule has 1 heterocycles. The number of carbonyl (C=O) groups is 1. The largest absolute Gasteiger partial charge is 0.417 e. The van der Waals surface area contributed by atoms with E-state index in [2.05, 4.69) is 5.32 Å². The van der Waals surface area contributed by atoms with Crippen molar-refractivity contribution < 1.29 is 26.4 Å². The number of thiophene rings is 1. The number of primary sulfonamides is 1. The zero-order chi connectivity index (χ0) is 17.3. The minimum atomic E-state index is -4.64. The Bertz CT molecular complexity index is 829. The fourth-order valence-electron chi connectivity index (χ4n) is 1.80. The Morgan fingerprint density at radius 1 is 1.17 bits per heavy atom. The van der Waals surface area contributed by atoms with Gasteiger partial charge in [0.25, 0.3) is 5.91 Å². The van der Waals surface area contributed by atoms with Gasteiger partial charge in [-0.05, 0) is 24.3 Å². The van der Waals surface area contributed by atoms with Gasteiger partial charge in [-0.2, -0.15) is 13.2 Å². The van der Waals surface area contributed by atoms with Gasteiger partial charge in [-0.3, -0.25) is 4.79 Å². The highest BCUT2D eigenvalue weighted by molar-refractivity contribution is 7.91. The van der Waals surface area contributed by atoms with Gasteiger partial charge in [0.05, 0.1) is 17.7 Å². The average Bonchev–Trinajstić information content (AvgIpc) is 2.93. The van der Waals surface area contributed by atoms with Crippen LogP contribution in [0.15, 0.2) is 40.6 Å². The molecular weight excluding hydrogens is 353 g/mol. The maximum atomic E-state index is 12.8. The Labute approximate surface area is 134 Å². The molecule has 0 saturated heterocycles. The SMILES string of the molecule is NS(=O)(=O)c1ccc(CNC(=O)c2ccccc2C(F)(F)F)s1. The lowest BCUT2D eigenvalue weighted by atomic mass is 10.1. The number of hydrogen-bond donors (Lipinski definition) is 2. The molecule has 2 rings (SSSR count). The van der Waals surface area contributed by atoms with Gasteiger partial charge in [0, 0.05) is 4.88 Å². The lowest BCUT2D eigenvalue weighted by Gasteiger charge is -2.12. The summed E-state index contributed by atoms with van der Waals surface area (Å²) in [7, 11) is -3.84. The van der Waals surface area contributed by atoms with E-state index in [-0.39, 0.29) is 10.8 Å². The molecule has 0 bridgehead atoms. The van der Waals surface area contributed by atoms with E-state index in [0.29, 0.717) is 4.88 Å². The molecule has 1 amide bonds. The molecule has 0 radical (unpaired) electrons. The Balaban J connectivity index is 2.14. The fourth-order valence-corrected chi connectivity index (χ4v) is 3.52. The lowest BCUT2D eigenvalue weighted by Crippen LogP contribution is -2.25. The number of carbonyl (C=O) groups excluding carboxylic acids is 1. The molecule has 0 saturated carbocycles. The molecule has 23 heavy (non-hydrogen) atoms. The first-order valence-corrected chi connectivity index (χ1v) is 8.51. The third-order valence-electron chi connectivity index (χ3n) is 2.82. The van der Waals surface area contributed by atoms with Crippen LogP contribution < -0.4 is 10.5 Å². The first kappa shape index (κ1) is 17.4. The average molecular weight is 364 g/mol. The summed E-state index contributed by atoms with van der Waals surface area (Å²) in [6, 6.07) is 7.11. The smallest absolute Gasteiger partial charge is 0.347 e. The van der Waals surface area contributed by atoms with Gasteiger partial charge >= 0.3 is 6.18 Å². The molecule has 0 aliphatic heterocycles. The van der Waals surface area contributed by atoms with Crippen LogP contribution in [0.4, 0.5) is 13.2 Å². The molecule has 0 unspecified atom stereocenters. The molecule has 1 aromatic heterocycles. The van der Waals surface area contributed by atoms with Crippen molar-refractivity contribution in [1.82, 2.24) is 5.32 Å². The zero-order valence-electron chi connectivity index (χ0n) is 11.4. The summed E-state index contributed by atoms with van der Waals surface area (Å²) < 4.78 is 60.7. The van der Waals surface area contributed by atoms with Crippen molar-refractivity contribution in [3.63, 3.8) is 0 Å². The monoisotopic (exact) mass is 364 g/mol. The van der Waals surface area contributed by atoms with Crippen LogP contribution >= 0.6 is 11.3 Å². The number of amides is 1. The van der Waals surface area contributed by atoms with Crippen LogP contribution in [0.3, 0.4) is 0 Å². The highest BCUT2D eigenvalue weighted by Crippen LogP contribution is 2.31. The second-order valence-corrected chi connectivity index (χ2v) is 7.45. The molecule has 0 aliphatic carbocycles. The lowest BCUT2D eigenvalue weighted by molar-refractivity contribution is -0.137. The van der Waals surface area contributed by atoms with E-state index < -0.39 is 33.2 Å². The Morgan fingerprint density at radius 2 is 1.83 bits per heavy atom. The fraction of sp³-hybridized carbons (Fsp3) is 0.154. The number of nitrogens with two attached hydrogens (primary N) is 1. The van der Waals surface area contributed by atoms with Crippen molar-refractivity contribution in [2.45, 2.75) is 16.9 Å². The Kier molecular flexibility index (Phi) is 4.78. The van der Waals surface area contributed by atoms with Gasteiger partial charge in [-0.15, -0.1) is 11.3 Å². The number of halogens is 3. The first-order valence-electron chi connectivity index (χ1n) is 6.15. The van der Waals surface area contributed by atoms with E-state index in [4.69, 9.17) is 5.14 Å². The van der Waals surface area contributed by atoms with E-state index in [9.17, 15) is 26.4 Å². The molecule has 1 aromatic carbocycles. The maximum Gasteiger partial charge on any atom is 0.417 e. The maximum absolute atomic E-state index is 12.8. The number of sulfonamides is 1. The summed E-state index contributed by atoms with van der Waals surface area (Å²) in [5.74, 6) is -0.900. The third kappa shape index (κ3) is 4.30. The topological polar surface area (TPSA) is 89.3 Å². The van der Waals surface area contributed by atoms with Crippen molar-refractivity contribution in [3.8, 4) is 0 Å². The van der Waals surface area contributed by atoms with Crippen LogP contribution in [-0.2, 0) is 22.7 Å². The molecule has 10 heteroatoms. The molecular formula is C13H11F3N2O3S2. The van der Waals surface area contributed by atoms with E-state index in [1.54, 1.807) is 0 Å². The van der Waals surface area contributed by atoms with Crippen molar-refractivity contribution >= 4 is 27.3 Å². The van der Waals surface area contributed by atoms with Gasteiger partial charge in [0.1, 0.15) is 4.21 Å². The van der Waals surface area contributed by atoms with Crippen molar-refractivity contribution in [2.24, 2.45) is 5.14 Å². The van der Waals surface area contributed by atoms with Gasteiger partial charge in [0.2, 0.25) is 10.0 Å². The molecule has 5 nitrogen and oxygen atoms in total. The molecule has 0 atom stereocenters. The zero-order valence-corrected chi connectivity index (χ0v) is 13.1. The highest BCUT2D eigenvalue weighted by atomic mass is 32.2. The molecule has 2 aromatic rings. The first-order chi connectivity index (χ1) is 10.6. The Hall–Kier alpha value is -1.91. The summed E-state index contributed by atoms with van der Waals surface area (Å²) in [4.78, 5) is 12.4. The standard InChI is InChI=1S/C13H11F3N2O3S2/c14-13(15,16)10-4-2-1-3-9(10)12(19)18-7-8-5-6-11(22-8)23(17,20)21/h1-6H,7H2,(H,18,19)(H2,17,20,21). The third-order valence-corrected chi connectivity index (χ3v) is 5.34. The summed E-state index contributed by atoms with van der Waals surface area (Å²) in [6.07, 6.45) is -4.64. The molecule has 0 fully saturated rings. The minimum Gasteiger partial charge on any atom is -0.347 e. The van der Waals surface area contributed by atoms with Gasteiger partial charge in [0.15, 0.2) is 0 Å². The quantitative estimate of drug-likeness (QED) is 0.873. The van der Waals surface area contributed by atoms with Crippen LogP contribution in [0.1, 0.15) is 20.8 Å². The van der Waals surface area contributed by atoms with Crippen LogP contribution in [0.5, 0.6) is 0 Å². The van der Waals surface area contributed by atoms with Gasteiger partial charge < -0.3 is 5.32 Å². The Morgan fingerprint density at radius 3 is 2.39 bits per heavy atom. The van der Waals surface area contributed by atoms with Gasteiger partial charge in [-0.1, -0.05) is 12.1 Å². The second kappa shape index (κ2) is 6.30. The number of benzene rings is 1. The van der Waals surface area contributed by atoms with Crippen LogP contribution in [0, 0.1) is 0 Å². The van der Waals surface area contributed by atoms with Crippen LogP contribution in [-0.4, -0.2) is 14.3 Å². The van der Waals surface area contributed by atoms with Crippen LogP contribution in [0.2, 0.25) is 0 Å². The van der Waals surface area contributed by atoms with Crippen molar-refractivity contribution in [3.05, 3.63) is 52.4 Å². The molecule has 0 spiro atoms. The summed E-state index contributed by atoms with van der Waals surface area (Å²) in [5, 5.41) is 7.28. The second-order valence-electron chi connectivity index (χ2n) is 4.49. The number of rotatable bonds is 4. The van der Waals surface area contributed by atoms with E-state index in [0.717, 1.165) is 23.5 Å². The van der Waals surface area contributed by atoms with E-state index in [1.165, 1.54) is 24.3 Å². The van der Waals surface area contributed by atoms with Crippen molar-refractivity contribution in [1.29, 1.82) is 0 Å². The number of nitrogens with one attached hydrogen (secondary N) is 1. The number of hydrogen-bond acceptors (Lipinski definition) is 4. The minimum absolute atomic E-state index is 0.0857. The number of alkyl halides is 3. The predicted octanol–water partition coefficient (Wildman–Crippen LogP) is 2.34. The van der Waals surface area contributed by atoms with E-state index >= 15 is 0 Å². The summed E-state index contributed by atoms with van der Waals surface area (Å²) >= 11 is 0.837. The highest BCUT2D eigenvalue weighted by Gasteiger charge is 2.34. The van der Waals surface area contributed by atoms with Crippen molar-refractivity contribution in [2.75, 3.05) is 0 Å². The summed E-state index contributed by atoms with van der Waals surface area (Å²) in [5.41, 5.74) is -1.53. The van der Waals surface area contributed by atoms with E-state index in [1.807, 2.05) is 0 Å². The summed E-state index contributed by atoms with van der Waals surface area (Å²) in [6.45, 7) is -0.106. The molecule has 3 N–H and O–H groups in total. The predicted molar refractivity (Wildman–Crippen MR) is 78.3 cm³/mol. The normalized spacial score (nSPS) is 12.2. The van der Waals surface area contributed by atoms with Gasteiger partial charge in [-0.25, -0.2) is 13.6 Å². The molecule has 124 valence electrons.